The average molecular weight is 531 g/mol. The Morgan fingerprint density at radius 2 is 1.51 bits per heavy atom. The maximum absolute atomic E-state index is 13.2. The summed E-state index contributed by atoms with van der Waals surface area (Å²) in [5.74, 6) is 0.0428. The number of carbonyl (C=O) groups is 2. The Bertz CT molecular complexity index is 1180. The van der Waals surface area contributed by atoms with Gasteiger partial charge in [-0.25, -0.2) is 4.79 Å². The second kappa shape index (κ2) is 14.5. The molecular formula is C33H42N2O4. The molecule has 39 heavy (non-hydrogen) atoms. The van der Waals surface area contributed by atoms with Gasteiger partial charge in [-0.05, 0) is 73.7 Å². The Morgan fingerprint density at radius 3 is 2.13 bits per heavy atom. The zero-order valence-corrected chi connectivity index (χ0v) is 23.4. The zero-order chi connectivity index (χ0) is 28.3. The second-order valence-corrected chi connectivity index (χ2v) is 10.7. The molecule has 6 heteroatoms. The lowest BCUT2D eigenvalue weighted by Crippen LogP contribution is -2.45. The van der Waals surface area contributed by atoms with Gasteiger partial charge in [-0.1, -0.05) is 92.2 Å². The molecule has 0 bridgehead atoms. The first kappa shape index (κ1) is 29.9. The van der Waals surface area contributed by atoms with Crippen LogP contribution < -0.4 is 5.32 Å². The van der Waals surface area contributed by atoms with Crippen molar-refractivity contribution in [2.24, 2.45) is 0 Å². The summed E-state index contributed by atoms with van der Waals surface area (Å²) in [4.78, 5) is 24.3. The molecule has 1 atom stereocenters. The van der Waals surface area contributed by atoms with Gasteiger partial charge in [0.2, 0.25) is 0 Å². The molecule has 208 valence electrons. The maximum atomic E-state index is 13.2. The molecule has 6 nitrogen and oxygen atoms in total. The smallest absolute Gasteiger partial charge is 0.450 e. The van der Waals surface area contributed by atoms with E-state index in [1.165, 1.54) is 24.0 Å². The lowest BCUT2D eigenvalue weighted by atomic mass is 9.76. The summed E-state index contributed by atoms with van der Waals surface area (Å²) in [6, 6.07) is 27.5. The van der Waals surface area contributed by atoms with Crippen molar-refractivity contribution >= 4 is 12.1 Å². The molecule has 0 aliphatic carbocycles. The Labute approximate surface area is 232 Å². The van der Waals surface area contributed by atoms with E-state index in [2.05, 4.69) is 85.6 Å². The van der Waals surface area contributed by atoms with E-state index in [0.717, 1.165) is 55.6 Å². The summed E-state index contributed by atoms with van der Waals surface area (Å²) in [6.45, 7) is 10.0. The molecule has 0 spiro atoms. The highest BCUT2D eigenvalue weighted by Gasteiger charge is 2.26. The topological polar surface area (TPSA) is 89.9 Å². The molecule has 1 amide bonds. The van der Waals surface area contributed by atoms with Crippen molar-refractivity contribution in [1.82, 2.24) is 10.2 Å². The number of piperidine rings is 1. The molecule has 1 aliphatic heterocycles. The molecule has 3 aromatic carbocycles. The van der Waals surface area contributed by atoms with E-state index >= 15 is 0 Å². The van der Waals surface area contributed by atoms with Crippen molar-refractivity contribution in [2.75, 3.05) is 19.6 Å². The number of nitrogens with zero attached hydrogens (tertiary/aromatic N) is 1. The Morgan fingerprint density at radius 1 is 0.923 bits per heavy atom. The van der Waals surface area contributed by atoms with E-state index in [-0.39, 0.29) is 17.4 Å². The largest absolute Gasteiger partial charge is 0.503 e. The summed E-state index contributed by atoms with van der Waals surface area (Å²) in [5.41, 5.74) is 5.78. The highest BCUT2D eigenvalue weighted by Crippen LogP contribution is 2.32. The van der Waals surface area contributed by atoms with E-state index in [4.69, 9.17) is 15.0 Å². The molecule has 0 radical (unpaired) electrons. The van der Waals surface area contributed by atoms with Crippen molar-refractivity contribution in [3.8, 4) is 11.1 Å². The third-order valence-electron chi connectivity index (χ3n) is 7.91. The molecule has 1 heterocycles. The molecule has 4 rings (SSSR count). The van der Waals surface area contributed by atoms with Crippen LogP contribution in [0.15, 0.2) is 78.9 Å². The van der Waals surface area contributed by atoms with Crippen molar-refractivity contribution < 1.29 is 19.8 Å². The van der Waals surface area contributed by atoms with E-state index in [9.17, 15) is 4.79 Å². The van der Waals surface area contributed by atoms with Gasteiger partial charge < -0.3 is 20.4 Å². The monoisotopic (exact) mass is 530 g/mol. The third-order valence-corrected chi connectivity index (χ3v) is 7.91. The molecule has 1 saturated heterocycles. The van der Waals surface area contributed by atoms with Crippen LogP contribution in [0.1, 0.15) is 67.4 Å². The fourth-order valence-corrected chi connectivity index (χ4v) is 5.29. The van der Waals surface area contributed by atoms with Crippen LogP contribution in [0.25, 0.3) is 11.1 Å². The van der Waals surface area contributed by atoms with Crippen molar-refractivity contribution in [3.05, 3.63) is 95.6 Å². The number of carboxylic acid groups (broad SMARTS) is 2. The zero-order valence-electron chi connectivity index (χ0n) is 23.4. The van der Waals surface area contributed by atoms with Crippen LogP contribution in [0, 0.1) is 6.92 Å². The first-order valence-electron chi connectivity index (χ1n) is 13.9. The molecule has 1 fully saturated rings. The van der Waals surface area contributed by atoms with E-state index in [1.807, 2.05) is 24.3 Å². The van der Waals surface area contributed by atoms with Gasteiger partial charge in [-0.2, -0.15) is 0 Å². The second-order valence-electron chi connectivity index (χ2n) is 10.7. The predicted molar refractivity (Wildman–Crippen MR) is 158 cm³/mol. The molecule has 3 N–H and O–H groups in total. The van der Waals surface area contributed by atoms with Crippen LogP contribution in [0.2, 0.25) is 0 Å². The summed E-state index contributed by atoms with van der Waals surface area (Å²) in [6.07, 6.45) is 3.78. The van der Waals surface area contributed by atoms with Crippen LogP contribution in [-0.4, -0.2) is 52.9 Å². The number of carbonyl (C=O) groups excluding carboxylic acids is 1. The van der Waals surface area contributed by atoms with Crippen molar-refractivity contribution in [3.63, 3.8) is 0 Å². The Hall–Kier alpha value is -3.64. The fraction of sp³-hybridized carbons (Fsp3) is 0.394. The molecule has 0 aromatic heterocycles. The number of hydrogen-bond donors (Lipinski definition) is 3. The number of benzene rings is 3. The number of nitrogens with one attached hydrogen (secondary N) is 1. The number of aryl methyl sites for hydroxylation is 1. The van der Waals surface area contributed by atoms with Gasteiger partial charge in [-0.15, -0.1) is 0 Å². The lowest BCUT2D eigenvalue weighted by molar-refractivity contribution is 0.0910. The first-order valence-corrected chi connectivity index (χ1v) is 13.9. The summed E-state index contributed by atoms with van der Waals surface area (Å²) < 4.78 is 0. The predicted octanol–water partition coefficient (Wildman–Crippen LogP) is 7.23. The van der Waals surface area contributed by atoms with Crippen LogP contribution in [0.4, 0.5) is 4.79 Å². The Kier molecular flexibility index (Phi) is 11.1. The van der Waals surface area contributed by atoms with E-state index in [0.29, 0.717) is 0 Å². The molecule has 3 aromatic rings. The first-order chi connectivity index (χ1) is 18.7. The quantitative estimate of drug-likeness (QED) is 0.272. The highest BCUT2D eigenvalue weighted by atomic mass is 16.6. The average Bonchev–Trinajstić information content (AvgIpc) is 2.94. The highest BCUT2D eigenvalue weighted by molar-refractivity contribution is 6.01. The number of amides is 1. The van der Waals surface area contributed by atoms with Gasteiger partial charge in [0.25, 0.3) is 5.91 Å². The van der Waals surface area contributed by atoms with Gasteiger partial charge in [0.15, 0.2) is 0 Å². The summed E-state index contributed by atoms with van der Waals surface area (Å²) in [5, 5.41) is 17.3. The minimum atomic E-state index is -1.83. The summed E-state index contributed by atoms with van der Waals surface area (Å²) in [7, 11) is 0. The van der Waals surface area contributed by atoms with Crippen LogP contribution in [0.5, 0.6) is 0 Å². The normalized spacial score (nSPS) is 15.5. The fourth-order valence-electron chi connectivity index (χ4n) is 5.29. The molecule has 0 saturated carbocycles. The lowest BCUT2D eigenvalue weighted by Gasteiger charge is -2.34. The minimum Gasteiger partial charge on any atom is -0.450 e. The standard InChI is InChI=1S/C32H40N2O.CH2O3/c1-4-32(3,27-11-6-5-7-12-27)21-10-22-34-23-19-28(20-24-34)33-31(35)30-14-9-8-13-29(30)26-17-15-25(2)16-18-26;2-1(3)4/h5-9,11-18,28H,4,10,19-24H2,1-3H3,(H,33,35);(H2,2,3,4). The number of rotatable bonds is 9. The minimum absolute atomic E-state index is 0.0428. The van der Waals surface area contributed by atoms with E-state index < -0.39 is 6.16 Å². The molecule has 1 aliphatic rings. The molecular weight excluding hydrogens is 488 g/mol. The van der Waals surface area contributed by atoms with Crippen molar-refractivity contribution in [2.45, 2.75) is 64.3 Å². The summed E-state index contributed by atoms with van der Waals surface area (Å²) >= 11 is 0. The van der Waals surface area contributed by atoms with Gasteiger partial charge in [-0.3, -0.25) is 4.79 Å². The number of hydrogen-bond acceptors (Lipinski definition) is 3. The van der Waals surface area contributed by atoms with Gasteiger partial charge in [0.05, 0.1) is 0 Å². The van der Waals surface area contributed by atoms with Gasteiger partial charge >= 0.3 is 6.16 Å². The Balaban J connectivity index is 0.000000983. The van der Waals surface area contributed by atoms with Crippen molar-refractivity contribution in [1.29, 1.82) is 0 Å². The maximum Gasteiger partial charge on any atom is 0.503 e. The SMILES string of the molecule is CCC(C)(CCCN1CCC(NC(=O)c2ccccc2-c2ccc(C)cc2)CC1)c1ccccc1.O=C(O)O. The van der Waals surface area contributed by atoms with E-state index in [1.54, 1.807) is 0 Å². The van der Waals surface area contributed by atoms with Gasteiger partial charge in [0, 0.05) is 24.7 Å². The third kappa shape index (κ3) is 8.96. The van der Waals surface area contributed by atoms with Crippen LogP contribution >= 0.6 is 0 Å². The molecule has 1 unspecified atom stereocenters. The van der Waals surface area contributed by atoms with Crippen LogP contribution in [-0.2, 0) is 5.41 Å². The number of likely N-dealkylation sites (tertiary alicyclic amines) is 1. The van der Waals surface area contributed by atoms with Crippen LogP contribution in [0.3, 0.4) is 0 Å². The van der Waals surface area contributed by atoms with Gasteiger partial charge in [0.1, 0.15) is 0 Å².